The van der Waals surface area contributed by atoms with Gasteiger partial charge in [-0.25, -0.2) is 12.7 Å². The molecule has 0 saturated carbocycles. The normalized spacial score (nSPS) is 12.1. The molecule has 0 aliphatic heterocycles. The summed E-state index contributed by atoms with van der Waals surface area (Å²) >= 11 is 0. The molecule has 2 rings (SSSR count). The molecule has 6 nitrogen and oxygen atoms in total. The number of halogens is 3. The smallest absolute Gasteiger partial charge is 0.416 e. The zero-order chi connectivity index (χ0) is 21.7. The zero-order valence-corrected chi connectivity index (χ0v) is 16.7. The molecule has 0 fully saturated rings. The van der Waals surface area contributed by atoms with Crippen LogP contribution in [0.4, 0.5) is 18.9 Å². The van der Waals surface area contributed by atoms with Gasteiger partial charge in [0, 0.05) is 25.7 Å². The van der Waals surface area contributed by atoms with Gasteiger partial charge in [-0.1, -0.05) is 0 Å². The van der Waals surface area contributed by atoms with Gasteiger partial charge in [0.05, 0.1) is 17.6 Å². The van der Waals surface area contributed by atoms with E-state index in [0.29, 0.717) is 5.75 Å². The van der Waals surface area contributed by atoms with Gasteiger partial charge < -0.3 is 10.1 Å². The Morgan fingerprint density at radius 3 is 2.17 bits per heavy atom. The van der Waals surface area contributed by atoms with E-state index in [-0.39, 0.29) is 30.0 Å². The number of rotatable bonds is 8. The molecule has 10 heteroatoms. The van der Waals surface area contributed by atoms with Crippen molar-refractivity contribution in [3.8, 4) is 5.75 Å². The van der Waals surface area contributed by atoms with Gasteiger partial charge in [0.15, 0.2) is 0 Å². The van der Waals surface area contributed by atoms with E-state index >= 15 is 0 Å². The van der Waals surface area contributed by atoms with Crippen molar-refractivity contribution in [2.24, 2.45) is 0 Å². The molecule has 0 atom stereocenters. The fraction of sp³-hybridized carbons (Fsp3) is 0.316. The quantitative estimate of drug-likeness (QED) is 0.692. The van der Waals surface area contributed by atoms with E-state index in [4.69, 9.17) is 4.74 Å². The number of alkyl halides is 3. The van der Waals surface area contributed by atoms with E-state index in [1.807, 2.05) is 0 Å². The van der Waals surface area contributed by atoms with Crippen molar-refractivity contribution in [1.29, 1.82) is 0 Å². The van der Waals surface area contributed by atoms with Crippen LogP contribution in [0.3, 0.4) is 0 Å². The minimum atomic E-state index is -4.44. The van der Waals surface area contributed by atoms with Crippen LogP contribution >= 0.6 is 0 Å². The van der Waals surface area contributed by atoms with E-state index in [1.54, 1.807) is 0 Å². The number of anilines is 1. The van der Waals surface area contributed by atoms with Crippen molar-refractivity contribution in [1.82, 2.24) is 4.31 Å². The summed E-state index contributed by atoms with van der Waals surface area (Å²) in [6, 6.07) is 10.0. The highest BCUT2D eigenvalue weighted by Crippen LogP contribution is 2.29. The lowest BCUT2D eigenvalue weighted by molar-refractivity contribution is -0.137. The predicted molar refractivity (Wildman–Crippen MR) is 102 cm³/mol. The number of benzene rings is 2. The van der Waals surface area contributed by atoms with E-state index in [9.17, 15) is 26.4 Å². The molecule has 0 aromatic heterocycles. The van der Waals surface area contributed by atoms with Crippen LogP contribution in [0.15, 0.2) is 53.4 Å². The Labute approximate surface area is 167 Å². The molecule has 0 aliphatic carbocycles. The number of carbonyl (C=O) groups excluding carboxylic acids is 1. The van der Waals surface area contributed by atoms with Gasteiger partial charge in [-0.2, -0.15) is 13.2 Å². The first-order chi connectivity index (χ1) is 13.5. The second kappa shape index (κ2) is 9.27. The highest BCUT2D eigenvalue weighted by atomic mass is 32.2. The van der Waals surface area contributed by atoms with Gasteiger partial charge in [0.25, 0.3) is 0 Å². The highest BCUT2D eigenvalue weighted by Gasteiger charge is 2.30. The Morgan fingerprint density at radius 1 is 1.07 bits per heavy atom. The topological polar surface area (TPSA) is 75.7 Å². The summed E-state index contributed by atoms with van der Waals surface area (Å²) in [6.07, 6.45) is -4.18. The van der Waals surface area contributed by atoms with Crippen molar-refractivity contribution in [3.05, 3.63) is 54.1 Å². The van der Waals surface area contributed by atoms with Crippen LogP contribution in [0.2, 0.25) is 0 Å². The van der Waals surface area contributed by atoms with Crippen LogP contribution in [-0.4, -0.2) is 39.3 Å². The molecule has 158 valence electrons. The Morgan fingerprint density at radius 2 is 1.66 bits per heavy atom. The van der Waals surface area contributed by atoms with Crippen LogP contribution in [-0.2, 0) is 21.0 Å². The molecule has 2 aromatic carbocycles. The van der Waals surface area contributed by atoms with Gasteiger partial charge in [0.1, 0.15) is 5.75 Å². The Hall–Kier alpha value is -2.59. The van der Waals surface area contributed by atoms with Crippen molar-refractivity contribution in [2.75, 3.05) is 26.0 Å². The number of nitrogens with zero attached hydrogens (tertiary/aromatic N) is 1. The molecule has 0 heterocycles. The summed E-state index contributed by atoms with van der Waals surface area (Å²) in [7, 11) is -0.812. The largest absolute Gasteiger partial charge is 0.497 e. The van der Waals surface area contributed by atoms with Crippen LogP contribution in [0.25, 0.3) is 0 Å². The third-order valence-electron chi connectivity index (χ3n) is 4.14. The Kier molecular flexibility index (Phi) is 7.26. The first kappa shape index (κ1) is 22.7. The molecule has 0 bridgehead atoms. The lowest BCUT2D eigenvalue weighted by atomic mass is 10.2. The van der Waals surface area contributed by atoms with Crippen molar-refractivity contribution < 1.29 is 31.1 Å². The molecule has 1 N–H and O–H groups in total. The average molecular weight is 430 g/mol. The van der Waals surface area contributed by atoms with E-state index in [2.05, 4.69) is 5.32 Å². The molecular weight excluding hydrogens is 409 g/mol. The number of amides is 1. The van der Waals surface area contributed by atoms with Gasteiger partial charge in [-0.15, -0.1) is 0 Å². The predicted octanol–water partition coefficient (Wildman–Crippen LogP) is 3.75. The lowest BCUT2D eigenvalue weighted by Crippen LogP contribution is -2.28. The maximum absolute atomic E-state index is 12.5. The van der Waals surface area contributed by atoms with Gasteiger partial charge in [-0.05, 0) is 55.0 Å². The summed E-state index contributed by atoms with van der Waals surface area (Å²) < 4.78 is 68.7. The molecule has 0 saturated heterocycles. The van der Waals surface area contributed by atoms with Crippen LogP contribution in [0, 0.1) is 0 Å². The number of hydrogen-bond donors (Lipinski definition) is 1. The van der Waals surface area contributed by atoms with E-state index < -0.39 is 27.7 Å². The molecule has 29 heavy (non-hydrogen) atoms. The van der Waals surface area contributed by atoms with E-state index in [0.717, 1.165) is 16.4 Å². The number of ether oxygens (including phenoxy) is 1. The number of sulfonamides is 1. The molecule has 1 amide bonds. The highest BCUT2D eigenvalue weighted by molar-refractivity contribution is 7.89. The number of hydrogen-bond acceptors (Lipinski definition) is 4. The summed E-state index contributed by atoms with van der Waals surface area (Å²) in [4.78, 5) is 12.1. The lowest BCUT2D eigenvalue weighted by Gasteiger charge is -2.17. The van der Waals surface area contributed by atoms with Crippen LogP contribution in [0.1, 0.15) is 18.4 Å². The van der Waals surface area contributed by atoms with Crippen molar-refractivity contribution in [3.63, 3.8) is 0 Å². The Bertz CT molecular complexity index is 927. The minimum absolute atomic E-state index is 0.0174. The summed E-state index contributed by atoms with van der Waals surface area (Å²) in [5.41, 5.74) is -0.567. The second-order valence-electron chi connectivity index (χ2n) is 6.23. The van der Waals surface area contributed by atoms with Crippen LogP contribution in [0.5, 0.6) is 5.75 Å². The summed E-state index contributed by atoms with van der Waals surface area (Å²) in [5, 5.41) is 2.49. The average Bonchev–Trinajstić information content (AvgIpc) is 2.67. The van der Waals surface area contributed by atoms with E-state index in [1.165, 1.54) is 50.6 Å². The maximum Gasteiger partial charge on any atom is 0.416 e. The summed E-state index contributed by atoms with van der Waals surface area (Å²) in [5.74, 6) is 0.117. The zero-order valence-electron chi connectivity index (χ0n) is 15.9. The standard InChI is InChI=1S/C19H21F3N2O4S/c1-24(29(26,27)17-11-9-16(28-2)10-12-17)13-3-4-18(25)23-15-7-5-14(6-8-15)19(20,21)22/h5-12H,3-4,13H2,1-2H3,(H,23,25). The molecule has 0 spiro atoms. The molecular formula is C19H21F3N2O4S. The van der Waals surface area contributed by atoms with Gasteiger partial charge >= 0.3 is 6.18 Å². The first-order valence-corrected chi connectivity index (χ1v) is 10.1. The third-order valence-corrected chi connectivity index (χ3v) is 6.01. The molecule has 0 radical (unpaired) electrons. The van der Waals surface area contributed by atoms with Crippen molar-refractivity contribution >= 4 is 21.6 Å². The fourth-order valence-corrected chi connectivity index (χ4v) is 3.69. The first-order valence-electron chi connectivity index (χ1n) is 8.61. The number of nitrogens with one attached hydrogen (secondary N) is 1. The van der Waals surface area contributed by atoms with Crippen molar-refractivity contribution in [2.45, 2.75) is 23.9 Å². The SMILES string of the molecule is COc1ccc(S(=O)(=O)N(C)CCCC(=O)Nc2ccc(C(F)(F)F)cc2)cc1. The van der Waals surface area contributed by atoms with Crippen LogP contribution < -0.4 is 10.1 Å². The molecule has 0 unspecified atom stereocenters. The third kappa shape index (κ3) is 6.20. The number of carbonyl (C=O) groups is 1. The summed E-state index contributed by atoms with van der Waals surface area (Å²) in [6.45, 7) is 0.106. The second-order valence-corrected chi connectivity index (χ2v) is 8.27. The molecule has 0 aliphatic rings. The minimum Gasteiger partial charge on any atom is -0.497 e. The van der Waals surface area contributed by atoms with Gasteiger partial charge in [0.2, 0.25) is 15.9 Å². The van der Waals surface area contributed by atoms with Gasteiger partial charge in [-0.3, -0.25) is 4.79 Å². The molecule has 2 aromatic rings. The number of methoxy groups -OCH3 is 1. The Balaban J connectivity index is 1.85. The fourth-order valence-electron chi connectivity index (χ4n) is 2.48. The maximum atomic E-state index is 12.5. The monoisotopic (exact) mass is 430 g/mol.